The SMILES string of the molecule is O=C(C[NH+]1CCc2sccc2[C@H]1c1cccs1)NCc1ccc(F)cc1. The highest BCUT2D eigenvalue weighted by atomic mass is 32.1. The molecule has 3 nitrogen and oxygen atoms in total. The molecule has 1 unspecified atom stereocenters. The van der Waals surface area contributed by atoms with Gasteiger partial charge in [0.2, 0.25) is 0 Å². The molecule has 0 bridgehead atoms. The van der Waals surface area contributed by atoms with E-state index >= 15 is 0 Å². The molecule has 3 heterocycles. The van der Waals surface area contributed by atoms with Crippen LogP contribution in [0.5, 0.6) is 0 Å². The van der Waals surface area contributed by atoms with Crippen molar-refractivity contribution < 1.29 is 14.1 Å². The third-order valence-electron chi connectivity index (χ3n) is 4.79. The molecule has 1 amide bonds. The van der Waals surface area contributed by atoms with E-state index in [1.54, 1.807) is 23.5 Å². The number of quaternary nitrogens is 1. The van der Waals surface area contributed by atoms with Crippen LogP contribution in [0, 0.1) is 5.82 Å². The van der Waals surface area contributed by atoms with Crippen LogP contribution in [0.1, 0.15) is 26.9 Å². The van der Waals surface area contributed by atoms with E-state index in [-0.39, 0.29) is 17.8 Å². The van der Waals surface area contributed by atoms with Crippen LogP contribution in [0.2, 0.25) is 0 Å². The maximum atomic E-state index is 13.0. The number of amides is 1. The average Bonchev–Trinajstić information content (AvgIpc) is 3.33. The quantitative estimate of drug-likeness (QED) is 0.694. The molecule has 3 aromatic rings. The van der Waals surface area contributed by atoms with Crippen molar-refractivity contribution in [2.24, 2.45) is 0 Å². The highest BCUT2D eigenvalue weighted by Gasteiger charge is 2.34. The Morgan fingerprint density at radius 1 is 1.15 bits per heavy atom. The fourth-order valence-corrected chi connectivity index (χ4v) is 5.34. The predicted octanol–water partition coefficient (Wildman–Crippen LogP) is 2.80. The Bertz CT molecular complexity index is 874. The summed E-state index contributed by atoms with van der Waals surface area (Å²) in [5.41, 5.74) is 2.27. The van der Waals surface area contributed by atoms with Crippen LogP contribution in [0.25, 0.3) is 0 Å². The van der Waals surface area contributed by atoms with Gasteiger partial charge in [0, 0.05) is 23.4 Å². The number of carbonyl (C=O) groups is 1. The highest BCUT2D eigenvalue weighted by Crippen LogP contribution is 2.31. The Hall–Kier alpha value is -2.02. The second kappa shape index (κ2) is 7.70. The van der Waals surface area contributed by atoms with Crippen molar-refractivity contribution in [3.63, 3.8) is 0 Å². The van der Waals surface area contributed by atoms with Gasteiger partial charge in [-0.05, 0) is 40.6 Å². The van der Waals surface area contributed by atoms with Crippen LogP contribution >= 0.6 is 22.7 Å². The zero-order valence-corrected chi connectivity index (χ0v) is 15.8. The number of thiophene rings is 2. The number of hydrogen-bond acceptors (Lipinski definition) is 3. The maximum Gasteiger partial charge on any atom is 0.275 e. The molecule has 1 aliphatic rings. The number of fused-ring (bicyclic) bond motifs is 1. The Kier molecular flexibility index (Phi) is 5.15. The average molecular weight is 388 g/mol. The van der Waals surface area contributed by atoms with Crippen LogP contribution < -0.4 is 10.2 Å². The van der Waals surface area contributed by atoms with Crippen LogP contribution in [0.15, 0.2) is 53.2 Å². The van der Waals surface area contributed by atoms with E-state index < -0.39 is 0 Å². The van der Waals surface area contributed by atoms with Crippen LogP contribution in [-0.4, -0.2) is 19.0 Å². The molecule has 2 atom stereocenters. The van der Waals surface area contributed by atoms with Crippen LogP contribution in [0.4, 0.5) is 4.39 Å². The molecule has 2 aromatic heterocycles. The smallest absolute Gasteiger partial charge is 0.275 e. The fraction of sp³-hybridized carbons (Fsp3) is 0.250. The van der Waals surface area contributed by atoms with E-state index in [4.69, 9.17) is 0 Å². The summed E-state index contributed by atoms with van der Waals surface area (Å²) in [7, 11) is 0. The van der Waals surface area contributed by atoms with E-state index in [1.165, 1.54) is 32.4 Å². The van der Waals surface area contributed by atoms with Gasteiger partial charge >= 0.3 is 0 Å². The van der Waals surface area contributed by atoms with Gasteiger partial charge in [-0.3, -0.25) is 4.79 Å². The standard InChI is InChI=1S/C20H19FN2OS2/c21-15-5-3-14(4-6-15)12-22-19(24)13-23-9-7-17-16(8-11-26-17)20(23)18-2-1-10-25-18/h1-6,8,10-11,20H,7,9,12-13H2,(H,22,24)/p+1/t20-/m0/s1. The summed E-state index contributed by atoms with van der Waals surface area (Å²) in [5, 5.41) is 7.23. The topological polar surface area (TPSA) is 33.5 Å². The molecule has 0 saturated carbocycles. The molecule has 4 rings (SSSR count). The Morgan fingerprint density at radius 2 is 2.00 bits per heavy atom. The van der Waals surface area contributed by atoms with Gasteiger partial charge < -0.3 is 10.2 Å². The Morgan fingerprint density at radius 3 is 2.77 bits per heavy atom. The molecule has 134 valence electrons. The normalized spacial score (nSPS) is 19.1. The van der Waals surface area contributed by atoms with Crippen molar-refractivity contribution in [3.05, 3.63) is 79.9 Å². The lowest BCUT2D eigenvalue weighted by Crippen LogP contribution is -3.14. The highest BCUT2D eigenvalue weighted by molar-refractivity contribution is 7.10. The summed E-state index contributed by atoms with van der Waals surface area (Å²) in [5.74, 6) is -0.229. The van der Waals surface area contributed by atoms with Gasteiger partial charge in [0.05, 0.1) is 11.4 Å². The lowest BCUT2D eigenvalue weighted by Gasteiger charge is -2.31. The number of rotatable bonds is 5. The number of nitrogens with one attached hydrogen (secondary N) is 2. The molecular formula is C20H20FN2OS2+. The molecular weight excluding hydrogens is 367 g/mol. The monoisotopic (exact) mass is 387 g/mol. The van der Waals surface area contributed by atoms with Gasteiger partial charge in [0.15, 0.2) is 6.54 Å². The fourth-order valence-electron chi connectivity index (χ4n) is 3.52. The molecule has 0 spiro atoms. The Balaban J connectivity index is 1.44. The van der Waals surface area contributed by atoms with Crippen molar-refractivity contribution >= 4 is 28.6 Å². The minimum Gasteiger partial charge on any atom is -0.347 e. The molecule has 0 saturated heterocycles. The molecule has 6 heteroatoms. The zero-order chi connectivity index (χ0) is 17.9. The van der Waals surface area contributed by atoms with Crippen molar-refractivity contribution in [2.75, 3.05) is 13.1 Å². The second-order valence-corrected chi connectivity index (χ2v) is 8.47. The van der Waals surface area contributed by atoms with E-state index in [1.807, 2.05) is 11.3 Å². The zero-order valence-electron chi connectivity index (χ0n) is 14.2. The van der Waals surface area contributed by atoms with Gasteiger partial charge in [-0.2, -0.15) is 0 Å². The van der Waals surface area contributed by atoms with E-state index in [0.29, 0.717) is 13.1 Å². The lowest BCUT2D eigenvalue weighted by molar-refractivity contribution is -0.919. The van der Waals surface area contributed by atoms with Gasteiger partial charge in [-0.15, -0.1) is 22.7 Å². The summed E-state index contributed by atoms with van der Waals surface area (Å²) < 4.78 is 13.0. The molecule has 1 aliphatic heterocycles. The first-order valence-electron chi connectivity index (χ1n) is 8.66. The summed E-state index contributed by atoms with van der Waals surface area (Å²) >= 11 is 3.57. The largest absolute Gasteiger partial charge is 0.347 e. The predicted molar refractivity (Wildman–Crippen MR) is 103 cm³/mol. The summed E-state index contributed by atoms with van der Waals surface area (Å²) in [6.45, 7) is 1.83. The van der Waals surface area contributed by atoms with E-state index in [0.717, 1.165) is 18.5 Å². The number of halogens is 1. The summed E-state index contributed by atoms with van der Waals surface area (Å²) in [6, 6.07) is 12.9. The molecule has 26 heavy (non-hydrogen) atoms. The molecule has 0 radical (unpaired) electrons. The Labute approximate surface area is 160 Å². The third kappa shape index (κ3) is 3.72. The van der Waals surface area contributed by atoms with Crippen molar-refractivity contribution in [2.45, 2.75) is 19.0 Å². The first-order chi connectivity index (χ1) is 12.7. The van der Waals surface area contributed by atoms with E-state index in [9.17, 15) is 9.18 Å². The second-order valence-electron chi connectivity index (χ2n) is 6.49. The molecule has 2 N–H and O–H groups in total. The third-order valence-corrected chi connectivity index (χ3v) is 6.72. The van der Waals surface area contributed by atoms with Crippen molar-refractivity contribution in [3.8, 4) is 0 Å². The number of carbonyl (C=O) groups excluding carboxylic acids is 1. The van der Waals surface area contributed by atoms with Gasteiger partial charge in [-0.25, -0.2) is 4.39 Å². The summed E-state index contributed by atoms with van der Waals surface area (Å²) in [4.78, 5) is 16.6. The first kappa shape index (κ1) is 17.4. The van der Waals surface area contributed by atoms with Gasteiger partial charge in [0.25, 0.3) is 5.91 Å². The minimum atomic E-state index is -0.261. The van der Waals surface area contributed by atoms with Crippen molar-refractivity contribution in [1.29, 1.82) is 0 Å². The summed E-state index contributed by atoms with van der Waals surface area (Å²) in [6.07, 6.45) is 1.02. The van der Waals surface area contributed by atoms with Crippen LogP contribution in [0.3, 0.4) is 0 Å². The molecule has 0 aliphatic carbocycles. The van der Waals surface area contributed by atoms with E-state index in [2.05, 4.69) is 34.3 Å². The number of hydrogen-bond donors (Lipinski definition) is 2. The number of benzene rings is 1. The van der Waals surface area contributed by atoms with Gasteiger partial charge in [-0.1, -0.05) is 18.2 Å². The van der Waals surface area contributed by atoms with Crippen molar-refractivity contribution in [1.82, 2.24) is 5.32 Å². The molecule has 0 fully saturated rings. The minimum absolute atomic E-state index is 0.0320. The van der Waals surface area contributed by atoms with Crippen LogP contribution in [-0.2, 0) is 17.8 Å². The maximum absolute atomic E-state index is 13.0. The lowest BCUT2D eigenvalue weighted by atomic mass is 9.98. The molecule has 1 aromatic carbocycles. The van der Waals surface area contributed by atoms with Gasteiger partial charge in [0.1, 0.15) is 11.9 Å². The first-order valence-corrected chi connectivity index (χ1v) is 10.4.